The predicted molar refractivity (Wildman–Crippen MR) is 98.6 cm³/mol. The zero-order chi connectivity index (χ0) is 18.2. The highest BCUT2D eigenvalue weighted by molar-refractivity contribution is 5.41. The molecule has 1 aliphatic rings. The van der Waals surface area contributed by atoms with Crippen LogP contribution in [0.4, 0.5) is 11.6 Å². The average molecular weight is 356 g/mol. The van der Waals surface area contributed by atoms with Crippen LogP contribution >= 0.6 is 0 Å². The summed E-state index contributed by atoms with van der Waals surface area (Å²) in [6.07, 6.45) is 0. The third-order valence-electron chi connectivity index (χ3n) is 3.96. The molecule has 2 aromatic rings. The zero-order valence-electron chi connectivity index (χ0n) is 15.0. The molecule has 1 saturated heterocycles. The molecule has 0 aliphatic carbocycles. The quantitative estimate of drug-likeness (QED) is 0.765. The van der Waals surface area contributed by atoms with Crippen LogP contribution in [-0.4, -0.2) is 54.3 Å². The van der Waals surface area contributed by atoms with E-state index < -0.39 is 0 Å². The Labute approximate surface area is 153 Å². The number of morpholine rings is 1. The number of aromatic nitrogens is 2. The molecule has 1 aromatic carbocycles. The topological polar surface area (TPSA) is 98.2 Å². The maximum absolute atomic E-state index is 5.82. The molecule has 1 aliphatic heterocycles. The molecule has 3 rings (SSSR count). The molecule has 138 valence electrons. The first kappa shape index (κ1) is 18.2. The summed E-state index contributed by atoms with van der Waals surface area (Å²) in [7, 11) is 0. The van der Waals surface area contributed by atoms with Crippen LogP contribution in [0.25, 0.3) is 0 Å². The normalized spacial score (nSPS) is 15.4. The van der Waals surface area contributed by atoms with E-state index in [0.717, 1.165) is 38.4 Å². The first-order valence-corrected chi connectivity index (χ1v) is 8.69. The third kappa shape index (κ3) is 5.75. The Morgan fingerprint density at radius 3 is 2.88 bits per heavy atom. The Bertz CT molecular complexity index is 746. The molecule has 8 nitrogen and oxygen atoms in total. The average Bonchev–Trinajstić information content (AvgIpc) is 2.62. The van der Waals surface area contributed by atoms with Gasteiger partial charge in [0.1, 0.15) is 12.4 Å². The first-order chi connectivity index (χ1) is 12.7. The van der Waals surface area contributed by atoms with Crippen LogP contribution in [0.1, 0.15) is 11.1 Å². The predicted octanol–water partition coefficient (Wildman–Crippen LogP) is 2.36. The standard InChI is InChI=1S/C18H24N6O2/c1-14-3-2-4-15(11-14)13-20-23-17-12-16(19)21-18(22-17)26-10-7-24-5-8-25-9-6-24/h2-4,11-12H,5-10,13H2,1H3,(H2,19,21,22). The van der Waals surface area contributed by atoms with Gasteiger partial charge >= 0.3 is 6.01 Å². The van der Waals surface area contributed by atoms with E-state index in [-0.39, 0.29) is 6.01 Å². The Morgan fingerprint density at radius 1 is 1.23 bits per heavy atom. The molecule has 0 bridgehead atoms. The Hall–Kier alpha value is -2.58. The molecule has 1 aromatic heterocycles. The molecule has 1 fully saturated rings. The van der Waals surface area contributed by atoms with Crippen LogP contribution in [0, 0.1) is 6.92 Å². The number of ether oxygens (including phenoxy) is 2. The van der Waals surface area contributed by atoms with E-state index in [9.17, 15) is 0 Å². The van der Waals surface area contributed by atoms with Crippen molar-refractivity contribution >= 4 is 11.6 Å². The Kier molecular flexibility index (Phi) is 6.45. The molecule has 0 saturated carbocycles. The van der Waals surface area contributed by atoms with Crippen molar-refractivity contribution in [3.8, 4) is 6.01 Å². The lowest BCUT2D eigenvalue weighted by Crippen LogP contribution is -2.38. The van der Waals surface area contributed by atoms with Crippen LogP contribution in [0.5, 0.6) is 6.01 Å². The highest BCUT2D eigenvalue weighted by atomic mass is 16.5. The van der Waals surface area contributed by atoms with Crippen molar-refractivity contribution in [3.63, 3.8) is 0 Å². The van der Waals surface area contributed by atoms with Crippen LogP contribution in [-0.2, 0) is 11.3 Å². The highest BCUT2D eigenvalue weighted by Crippen LogP contribution is 2.17. The molecule has 0 radical (unpaired) electrons. The fraction of sp³-hybridized carbons (Fsp3) is 0.444. The summed E-state index contributed by atoms with van der Waals surface area (Å²) in [5, 5.41) is 8.33. The molecule has 2 N–H and O–H groups in total. The molecular formula is C18H24N6O2. The van der Waals surface area contributed by atoms with E-state index in [1.807, 2.05) is 25.1 Å². The number of hydrogen-bond donors (Lipinski definition) is 1. The summed E-state index contributed by atoms with van der Waals surface area (Å²) in [5.41, 5.74) is 8.11. The highest BCUT2D eigenvalue weighted by Gasteiger charge is 2.10. The second-order valence-electron chi connectivity index (χ2n) is 6.12. The molecule has 26 heavy (non-hydrogen) atoms. The molecule has 0 spiro atoms. The van der Waals surface area contributed by atoms with Gasteiger partial charge in [0.25, 0.3) is 0 Å². The van der Waals surface area contributed by atoms with Gasteiger partial charge in [-0.2, -0.15) is 15.1 Å². The van der Waals surface area contributed by atoms with Gasteiger partial charge in [-0.1, -0.05) is 29.8 Å². The van der Waals surface area contributed by atoms with Crippen molar-refractivity contribution in [2.24, 2.45) is 10.2 Å². The molecule has 0 amide bonds. The largest absolute Gasteiger partial charge is 0.462 e. The minimum Gasteiger partial charge on any atom is -0.462 e. The van der Waals surface area contributed by atoms with Crippen LogP contribution in [0.2, 0.25) is 0 Å². The van der Waals surface area contributed by atoms with E-state index in [1.54, 1.807) is 6.07 Å². The van der Waals surface area contributed by atoms with Gasteiger partial charge in [-0.3, -0.25) is 4.90 Å². The van der Waals surface area contributed by atoms with Gasteiger partial charge in [-0.25, -0.2) is 0 Å². The van der Waals surface area contributed by atoms with Crippen LogP contribution in [0.3, 0.4) is 0 Å². The number of nitrogens with zero attached hydrogens (tertiary/aromatic N) is 5. The molecule has 0 atom stereocenters. The van der Waals surface area contributed by atoms with Gasteiger partial charge in [-0.05, 0) is 12.5 Å². The van der Waals surface area contributed by atoms with E-state index in [0.29, 0.717) is 24.8 Å². The SMILES string of the molecule is Cc1cccc(CN=Nc2cc(N)nc(OCCN3CCOCC3)n2)c1. The van der Waals surface area contributed by atoms with Crippen molar-refractivity contribution < 1.29 is 9.47 Å². The minimum atomic E-state index is 0.225. The lowest BCUT2D eigenvalue weighted by Gasteiger charge is -2.26. The molecule has 0 unspecified atom stereocenters. The van der Waals surface area contributed by atoms with E-state index in [4.69, 9.17) is 15.2 Å². The molecule has 2 heterocycles. The van der Waals surface area contributed by atoms with Gasteiger partial charge in [0, 0.05) is 25.7 Å². The maximum atomic E-state index is 5.82. The summed E-state index contributed by atoms with van der Waals surface area (Å²) in [4.78, 5) is 10.6. The maximum Gasteiger partial charge on any atom is 0.320 e. The van der Waals surface area contributed by atoms with Gasteiger partial charge in [0.15, 0.2) is 5.82 Å². The number of aryl methyl sites for hydroxylation is 1. The van der Waals surface area contributed by atoms with Crippen LogP contribution < -0.4 is 10.5 Å². The van der Waals surface area contributed by atoms with Crippen molar-refractivity contribution in [2.45, 2.75) is 13.5 Å². The smallest absolute Gasteiger partial charge is 0.320 e. The number of hydrogen-bond acceptors (Lipinski definition) is 8. The lowest BCUT2D eigenvalue weighted by molar-refractivity contribution is 0.0317. The number of anilines is 1. The van der Waals surface area contributed by atoms with Crippen LogP contribution in [0.15, 0.2) is 40.6 Å². The number of azo groups is 1. The van der Waals surface area contributed by atoms with Crippen molar-refractivity contribution in [1.29, 1.82) is 0 Å². The zero-order valence-corrected chi connectivity index (χ0v) is 15.0. The van der Waals surface area contributed by atoms with Gasteiger partial charge in [0.2, 0.25) is 0 Å². The summed E-state index contributed by atoms with van der Waals surface area (Å²) < 4.78 is 10.9. The number of rotatable bonds is 7. The van der Waals surface area contributed by atoms with Crippen molar-refractivity contribution in [1.82, 2.24) is 14.9 Å². The first-order valence-electron chi connectivity index (χ1n) is 8.69. The molecule has 8 heteroatoms. The summed E-state index contributed by atoms with van der Waals surface area (Å²) >= 11 is 0. The van der Waals surface area contributed by atoms with Gasteiger partial charge in [0.05, 0.1) is 19.8 Å². The van der Waals surface area contributed by atoms with E-state index >= 15 is 0 Å². The Morgan fingerprint density at radius 2 is 2.08 bits per heavy atom. The molecular weight excluding hydrogens is 332 g/mol. The van der Waals surface area contributed by atoms with Gasteiger partial charge in [-0.15, -0.1) is 5.11 Å². The van der Waals surface area contributed by atoms with E-state index in [1.165, 1.54) is 5.56 Å². The Balaban J connectivity index is 1.53. The summed E-state index contributed by atoms with van der Waals surface area (Å²) in [6.45, 7) is 7.18. The van der Waals surface area contributed by atoms with Crippen molar-refractivity contribution in [2.75, 3.05) is 45.2 Å². The fourth-order valence-electron chi connectivity index (χ4n) is 2.64. The minimum absolute atomic E-state index is 0.225. The summed E-state index contributed by atoms with van der Waals surface area (Å²) in [6, 6.07) is 9.95. The lowest BCUT2D eigenvalue weighted by atomic mass is 10.1. The number of benzene rings is 1. The van der Waals surface area contributed by atoms with Crippen molar-refractivity contribution in [3.05, 3.63) is 41.5 Å². The van der Waals surface area contributed by atoms with Gasteiger partial charge < -0.3 is 15.2 Å². The second kappa shape index (κ2) is 9.21. The fourth-order valence-corrected chi connectivity index (χ4v) is 2.64. The number of nitrogens with two attached hydrogens (primary N) is 1. The number of nitrogen functional groups attached to an aromatic ring is 1. The van der Waals surface area contributed by atoms with E-state index in [2.05, 4.69) is 31.2 Å². The second-order valence-corrected chi connectivity index (χ2v) is 6.12. The monoisotopic (exact) mass is 356 g/mol. The summed E-state index contributed by atoms with van der Waals surface area (Å²) in [5.74, 6) is 0.706. The third-order valence-corrected chi connectivity index (χ3v) is 3.96.